The Kier molecular flexibility index (Phi) is 2.75. The van der Waals surface area contributed by atoms with Crippen LogP contribution in [0, 0.1) is 0 Å². The van der Waals surface area contributed by atoms with E-state index in [0.29, 0.717) is 35.8 Å². The zero-order valence-corrected chi connectivity index (χ0v) is 11.3. The van der Waals surface area contributed by atoms with Crippen LogP contribution in [0.2, 0.25) is 0 Å². The number of carbonyl (C=O) groups excluding carboxylic acids is 2. The molecule has 1 aliphatic heterocycles. The van der Waals surface area contributed by atoms with Crippen molar-refractivity contribution < 1.29 is 18.7 Å². The molecule has 1 fully saturated rings. The highest BCUT2D eigenvalue weighted by atomic mass is 16.5. The largest absolute Gasteiger partial charge is 0.433 e. The van der Waals surface area contributed by atoms with E-state index in [1.54, 1.807) is 6.08 Å². The van der Waals surface area contributed by atoms with Gasteiger partial charge in [0.05, 0.1) is 0 Å². The van der Waals surface area contributed by atoms with E-state index < -0.39 is 11.6 Å². The van der Waals surface area contributed by atoms with E-state index in [-0.39, 0.29) is 11.9 Å². The molecule has 3 aliphatic rings. The van der Waals surface area contributed by atoms with Crippen molar-refractivity contribution in [2.24, 2.45) is 0 Å². The van der Waals surface area contributed by atoms with Crippen LogP contribution in [0.4, 0.5) is 0 Å². The van der Waals surface area contributed by atoms with E-state index in [1.165, 1.54) is 0 Å². The first-order valence-electron chi connectivity index (χ1n) is 7.05. The van der Waals surface area contributed by atoms with Crippen LogP contribution >= 0.6 is 0 Å². The Bertz CT molecular complexity index is 729. The average Bonchev–Trinajstić information content (AvgIpc) is 3.09. The summed E-state index contributed by atoms with van der Waals surface area (Å²) in [6.07, 6.45) is 9.55. The Balaban J connectivity index is 1.87. The van der Waals surface area contributed by atoms with Gasteiger partial charge < -0.3 is 9.15 Å². The number of fused-ring (bicyclic) bond motifs is 3. The fourth-order valence-corrected chi connectivity index (χ4v) is 2.86. The lowest BCUT2D eigenvalue weighted by Crippen LogP contribution is -2.23. The van der Waals surface area contributed by atoms with E-state index in [2.05, 4.69) is 4.98 Å². The summed E-state index contributed by atoms with van der Waals surface area (Å²) >= 11 is 0. The number of oxazole rings is 1. The first kappa shape index (κ1) is 12.5. The molecule has 0 saturated carbocycles. The minimum Gasteiger partial charge on any atom is -0.433 e. The molecule has 0 amide bonds. The number of Topliss-reactive ketones (excluding diaryl/α,β-unsaturated/α-hetero) is 2. The van der Waals surface area contributed by atoms with Crippen molar-refractivity contribution in [3.63, 3.8) is 0 Å². The van der Waals surface area contributed by atoms with Crippen LogP contribution < -0.4 is 0 Å². The molecular formula is C16H13NO4. The first-order valence-corrected chi connectivity index (χ1v) is 7.05. The van der Waals surface area contributed by atoms with Gasteiger partial charge in [0.25, 0.3) is 5.78 Å². The quantitative estimate of drug-likeness (QED) is 0.741. The number of ether oxygens (including phenoxy) is 1. The smallest absolute Gasteiger partial charge is 0.270 e. The minimum atomic E-state index is -0.618. The maximum Gasteiger partial charge on any atom is 0.270 e. The molecule has 1 saturated heterocycles. The van der Waals surface area contributed by atoms with Crippen molar-refractivity contribution in [1.82, 2.24) is 4.98 Å². The van der Waals surface area contributed by atoms with Crippen molar-refractivity contribution in [1.29, 1.82) is 0 Å². The van der Waals surface area contributed by atoms with E-state index in [1.807, 2.05) is 18.2 Å². The number of allylic oxidation sites excluding steroid dienone is 6. The fraction of sp³-hybridized carbons (Fsp3) is 0.312. The molecule has 1 atom stereocenters. The van der Waals surface area contributed by atoms with Crippen LogP contribution in [0.25, 0.3) is 5.57 Å². The Morgan fingerprint density at radius 2 is 2.10 bits per heavy atom. The van der Waals surface area contributed by atoms with Gasteiger partial charge in [0.1, 0.15) is 11.8 Å². The second-order valence-corrected chi connectivity index (χ2v) is 5.25. The highest BCUT2D eigenvalue weighted by molar-refractivity contribution is 6.54. The SMILES string of the molecule is O=C1C(=O)c2oc(C3CCCO3)nc2C2=CC=CCC=C12. The molecule has 0 N–H and O–H groups in total. The maximum absolute atomic E-state index is 12.2. The second-order valence-electron chi connectivity index (χ2n) is 5.25. The summed E-state index contributed by atoms with van der Waals surface area (Å²) in [6.45, 7) is 0.668. The van der Waals surface area contributed by atoms with Gasteiger partial charge in [-0.25, -0.2) is 4.98 Å². The molecule has 1 aromatic heterocycles. The van der Waals surface area contributed by atoms with Crippen molar-refractivity contribution in [2.45, 2.75) is 25.4 Å². The van der Waals surface area contributed by atoms with Crippen LogP contribution in [-0.4, -0.2) is 23.2 Å². The summed E-state index contributed by atoms with van der Waals surface area (Å²) in [7, 11) is 0. The van der Waals surface area contributed by atoms with Gasteiger partial charge in [-0.3, -0.25) is 9.59 Å². The Morgan fingerprint density at radius 1 is 1.19 bits per heavy atom. The lowest BCUT2D eigenvalue weighted by molar-refractivity contribution is -0.111. The molecular weight excluding hydrogens is 270 g/mol. The fourth-order valence-electron chi connectivity index (χ4n) is 2.86. The molecule has 1 aromatic rings. The zero-order valence-electron chi connectivity index (χ0n) is 11.3. The number of aromatic nitrogens is 1. The molecule has 106 valence electrons. The van der Waals surface area contributed by atoms with E-state index in [9.17, 15) is 9.59 Å². The molecule has 5 nitrogen and oxygen atoms in total. The summed E-state index contributed by atoms with van der Waals surface area (Å²) < 4.78 is 11.1. The highest BCUT2D eigenvalue weighted by Crippen LogP contribution is 2.37. The zero-order chi connectivity index (χ0) is 14.4. The Morgan fingerprint density at radius 3 is 2.90 bits per heavy atom. The third-order valence-electron chi connectivity index (χ3n) is 3.91. The normalized spacial score (nSPS) is 24.3. The monoisotopic (exact) mass is 283 g/mol. The summed E-state index contributed by atoms with van der Waals surface area (Å²) in [4.78, 5) is 28.8. The topological polar surface area (TPSA) is 69.4 Å². The number of hydrogen-bond acceptors (Lipinski definition) is 5. The van der Waals surface area contributed by atoms with Crippen LogP contribution in [0.5, 0.6) is 0 Å². The van der Waals surface area contributed by atoms with Crippen molar-refractivity contribution in [2.75, 3.05) is 6.61 Å². The Hall–Kier alpha value is -2.27. The number of nitrogens with zero attached hydrogens (tertiary/aromatic N) is 1. The van der Waals surface area contributed by atoms with E-state index in [4.69, 9.17) is 9.15 Å². The van der Waals surface area contributed by atoms with Crippen LogP contribution in [0.3, 0.4) is 0 Å². The number of carbonyl (C=O) groups is 2. The lowest BCUT2D eigenvalue weighted by Gasteiger charge is -2.13. The van der Waals surface area contributed by atoms with Gasteiger partial charge in [-0.2, -0.15) is 0 Å². The minimum absolute atomic E-state index is 0.0456. The standard InChI is InChI=1S/C16H13NO4/c18-13-10-6-3-1-2-5-9(10)12-15(14(13)19)21-16(17-12)11-7-4-8-20-11/h1-2,5-6,11H,3-4,7-8H2. The molecule has 0 aromatic carbocycles. The van der Waals surface area contributed by atoms with Crippen molar-refractivity contribution in [3.05, 3.63) is 47.2 Å². The number of ketones is 2. The summed E-state index contributed by atoms with van der Waals surface area (Å²) in [5, 5.41) is 0. The van der Waals surface area contributed by atoms with Gasteiger partial charge in [0, 0.05) is 17.8 Å². The van der Waals surface area contributed by atoms with Gasteiger partial charge in [-0.15, -0.1) is 0 Å². The van der Waals surface area contributed by atoms with E-state index in [0.717, 1.165) is 12.8 Å². The number of hydrogen-bond donors (Lipinski definition) is 0. The van der Waals surface area contributed by atoms with Crippen molar-refractivity contribution in [3.8, 4) is 0 Å². The maximum atomic E-state index is 12.2. The van der Waals surface area contributed by atoms with Crippen LogP contribution in [0.15, 0.2) is 34.3 Å². The highest BCUT2D eigenvalue weighted by Gasteiger charge is 2.39. The first-order chi connectivity index (χ1) is 10.3. The molecule has 0 bridgehead atoms. The molecule has 1 unspecified atom stereocenters. The lowest BCUT2D eigenvalue weighted by atomic mass is 9.88. The van der Waals surface area contributed by atoms with Crippen LogP contribution in [-0.2, 0) is 9.53 Å². The molecule has 0 spiro atoms. The molecule has 2 aliphatic carbocycles. The molecule has 4 rings (SSSR count). The summed E-state index contributed by atoms with van der Waals surface area (Å²) in [5.74, 6) is -0.697. The Labute approximate surface area is 121 Å². The molecule has 21 heavy (non-hydrogen) atoms. The van der Waals surface area contributed by atoms with Gasteiger partial charge in [0.15, 0.2) is 0 Å². The van der Waals surface area contributed by atoms with E-state index >= 15 is 0 Å². The molecule has 5 heteroatoms. The average molecular weight is 283 g/mol. The van der Waals surface area contributed by atoms with Gasteiger partial charge in [-0.05, 0) is 19.3 Å². The summed E-state index contributed by atoms with van der Waals surface area (Å²) in [6, 6.07) is 0. The van der Waals surface area contributed by atoms with Crippen LogP contribution in [0.1, 0.15) is 47.5 Å². The molecule has 2 heterocycles. The predicted octanol–water partition coefficient (Wildman–Crippen LogP) is 2.56. The van der Waals surface area contributed by atoms with Gasteiger partial charge >= 0.3 is 0 Å². The van der Waals surface area contributed by atoms with Gasteiger partial charge in [0.2, 0.25) is 17.4 Å². The second kappa shape index (κ2) is 4.63. The predicted molar refractivity (Wildman–Crippen MR) is 73.6 cm³/mol. The van der Waals surface area contributed by atoms with Gasteiger partial charge in [-0.1, -0.05) is 24.3 Å². The summed E-state index contributed by atoms with van der Waals surface area (Å²) in [5.41, 5.74) is 1.55. The number of rotatable bonds is 1. The molecule has 0 radical (unpaired) electrons. The third kappa shape index (κ3) is 1.85. The third-order valence-corrected chi connectivity index (χ3v) is 3.91. The van der Waals surface area contributed by atoms with Crippen molar-refractivity contribution >= 4 is 17.1 Å².